The highest BCUT2D eigenvalue weighted by Gasteiger charge is 2.25. The van der Waals surface area contributed by atoms with Gasteiger partial charge in [-0.1, -0.05) is 17.8 Å². The molecule has 0 aromatic carbocycles. The van der Waals surface area contributed by atoms with Gasteiger partial charge in [0.25, 0.3) is 0 Å². The normalized spacial score (nSPS) is 17.1. The van der Waals surface area contributed by atoms with Gasteiger partial charge in [0.05, 0.1) is 10.3 Å². The number of rotatable bonds is 4. The lowest BCUT2D eigenvalue weighted by molar-refractivity contribution is -0.120. The summed E-state index contributed by atoms with van der Waals surface area (Å²) in [6.07, 6.45) is 4.01. The number of aromatic nitrogens is 1. The van der Waals surface area contributed by atoms with E-state index >= 15 is 0 Å². The molecule has 15 heavy (non-hydrogen) atoms. The van der Waals surface area contributed by atoms with Gasteiger partial charge >= 0.3 is 0 Å². The molecule has 0 radical (unpaired) electrons. The van der Waals surface area contributed by atoms with Gasteiger partial charge in [0.1, 0.15) is 0 Å². The van der Waals surface area contributed by atoms with Crippen LogP contribution in [0.1, 0.15) is 19.8 Å². The first-order valence-corrected chi connectivity index (χ1v) is 6.02. The molecule has 0 bridgehead atoms. The second kappa shape index (κ2) is 4.66. The Labute approximate surface area is 93.7 Å². The highest BCUT2D eigenvalue weighted by Crippen LogP contribution is 2.23. The summed E-state index contributed by atoms with van der Waals surface area (Å²) in [5.74, 6) is 0.119. The fraction of sp³-hybridized carbons (Fsp3) is 0.455. The minimum atomic E-state index is -0.0690. The summed E-state index contributed by atoms with van der Waals surface area (Å²) < 4.78 is 0. The zero-order valence-electron chi connectivity index (χ0n) is 8.64. The van der Waals surface area contributed by atoms with Gasteiger partial charge in [0.15, 0.2) is 0 Å². The second-order valence-electron chi connectivity index (χ2n) is 3.71. The van der Waals surface area contributed by atoms with E-state index < -0.39 is 0 Å². The maximum Gasteiger partial charge on any atom is 0.233 e. The molecule has 1 fully saturated rings. The van der Waals surface area contributed by atoms with Crippen LogP contribution in [-0.2, 0) is 4.79 Å². The van der Waals surface area contributed by atoms with E-state index in [4.69, 9.17) is 0 Å². The third-order valence-corrected chi connectivity index (χ3v) is 3.28. The molecular formula is C11H14N2OS. The zero-order chi connectivity index (χ0) is 10.7. The molecule has 1 saturated carbocycles. The molecule has 0 saturated heterocycles. The number of hydrogen-bond donors (Lipinski definition) is 1. The van der Waals surface area contributed by atoms with Gasteiger partial charge in [-0.3, -0.25) is 4.79 Å². The fourth-order valence-electron chi connectivity index (χ4n) is 1.20. The van der Waals surface area contributed by atoms with E-state index in [0.29, 0.717) is 6.04 Å². The van der Waals surface area contributed by atoms with Crippen LogP contribution in [0.15, 0.2) is 29.4 Å². The maximum absolute atomic E-state index is 11.6. The topological polar surface area (TPSA) is 42.0 Å². The molecule has 1 heterocycles. The lowest BCUT2D eigenvalue weighted by Crippen LogP contribution is -2.32. The average Bonchev–Trinajstić information content (AvgIpc) is 3.03. The minimum absolute atomic E-state index is 0.0690. The number of nitrogens with zero attached hydrogens (tertiary/aromatic N) is 1. The van der Waals surface area contributed by atoms with Crippen LogP contribution in [0.25, 0.3) is 0 Å². The minimum Gasteiger partial charge on any atom is -0.352 e. The molecule has 3 nitrogen and oxygen atoms in total. The predicted octanol–water partition coefficient (Wildman–Crippen LogP) is 1.84. The lowest BCUT2D eigenvalue weighted by atomic mass is 10.4. The molecule has 0 aliphatic heterocycles. The summed E-state index contributed by atoms with van der Waals surface area (Å²) in [4.78, 5) is 15.8. The van der Waals surface area contributed by atoms with Crippen molar-refractivity contribution in [3.05, 3.63) is 24.4 Å². The quantitative estimate of drug-likeness (QED) is 0.790. The Morgan fingerprint density at radius 3 is 3.00 bits per heavy atom. The van der Waals surface area contributed by atoms with Crippen LogP contribution in [0.5, 0.6) is 0 Å². The Morgan fingerprint density at radius 1 is 1.60 bits per heavy atom. The van der Waals surface area contributed by atoms with E-state index in [0.717, 1.165) is 17.9 Å². The molecule has 2 rings (SSSR count). The van der Waals surface area contributed by atoms with Crippen molar-refractivity contribution >= 4 is 17.7 Å². The largest absolute Gasteiger partial charge is 0.352 e. The molecule has 0 spiro atoms. The number of carbonyl (C=O) groups excluding carboxylic acids is 1. The van der Waals surface area contributed by atoms with Gasteiger partial charge in [-0.05, 0) is 31.9 Å². The van der Waals surface area contributed by atoms with Crippen molar-refractivity contribution in [3.63, 3.8) is 0 Å². The first kappa shape index (κ1) is 10.5. The molecular weight excluding hydrogens is 208 g/mol. The number of thioether (sulfide) groups is 1. The van der Waals surface area contributed by atoms with Gasteiger partial charge in [0, 0.05) is 12.2 Å². The van der Waals surface area contributed by atoms with Crippen molar-refractivity contribution in [2.75, 3.05) is 0 Å². The number of pyridine rings is 1. The first-order valence-electron chi connectivity index (χ1n) is 5.14. The molecule has 1 N–H and O–H groups in total. The highest BCUT2D eigenvalue weighted by atomic mass is 32.2. The molecule has 80 valence electrons. The molecule has 1 aromatic heterocycles. The van der Waals surface area contributed by atoms with Gasteiger partial charge in [-0.25, -0.2) is 4.98 Å². The smallest absolute Gasteiger partial charge is 0.233 e. The van der Waals surface area contributed by atoms with Crippen LogP contribution in [0.4, 0.5) is 0 Å². The Balaban J connectivity index is 1.85. The highest BCUT2D eigenvalue weighted by molar-refractivity contribution is 8.00. The molecule has 1 amide bonds. The van der Waals surface area contributed by atoms with Crippen LogP contribution in [0.2, 0.25) is 0 Å². The van der Waals surface area contributed by atoms with E-state index in [-0.39, 0.29) is 11.2 Å². The van der Waals surface area contributed by atoms with Gasteiger partial charge in [-0.2, -0.15) is 0 Å². The van der Waals surface area contributed by atoms with Crippen LogP contribution in [-0.4, -0.2) is 22.2 Å². The summed E-state index contributed by atoms with van der Waals surface area (Å²) in [5, 5.41) is 3.82. The molecule has 1 aliphatic carbocycles. The summed E-state index contributed by atoms with van der Waals surface area (Å²) in [6.45, 7) is 1.91. The number of amides is 1. The summed E-state index contributed by atoms with van der Waals surface area (Å²) in [7, 11) is 0. The Bertz CT molecular complexity index is 338. The third kappa shape index (κ3) is 3.23. The average molecular weight is 222 g/mol. The number of hydrogen-bond acceptors (Lipinski definition) is 3. The predicted molar refractivity (Wildman–Crippen MR) is 60.7 cm³/mol. The number of nitrogens with one attached hydrogen (secondary N) is 1. The summed E-state index contributed by atoms with van der Waals surface area (Å²) >= 11 is 1.50. The fourth-order valence-corrected chi connectivity index (χ4v) is 2.01. The zero-order valence-corrected chi connectivity index (χ0v) is 9.46. The molecule has 0 unspecified atom stereocenters. The molecule has 1 atom stereocenters. The molecule has 4 heteroatoms. The maximum atomic E-state index is 11.6. The standard InChI is InChI=1S/C11H14N2OS/c1-8(11(14)13-9-5-6-9)15-10-4-2-3-7-12-10/h2-4,7-9H,5-6H2,1H3,(H,13,14)/t8-/m1/s1. The van der Waals surface area contributed by atoms with Gasteiger partial charge < -0.3 is 5.32 Å². The van der Waals surface area contributed by atoms with Crippen LogP contribution >= 0.6 is 11.8 Å². The van der Waals surface area contributed by atoms with Gasteiger partial charge in [0.2, 0.25) is 5.91 Å². The van der Waals surface area contributed by atoms with Crippen LogP contribution < -0.4 is 5.32 Å². The monoisotopic (exact) mass is 222 g/mol. The van der Waals surface area contributed by atoms with E-state index in [9.17, 15) is 4.79 Å². The second-order valence-corrected chi connectivity index (χ2v) is 5.07. The van der Waals surface area contributed by atoms with Crippen molar-refractivity contribution < 1.29 is 4.79 Å². The van der Waals surface area contributed by atoms with E-state index in [1.807, 2.05) is 25.1 Å². The van der Waals surface area contributed by atoms with Crippen LogP contribution in [0.3, 0.4) is 0 Å². The van der Waals surface area contributed by atoms with Crippen LogP contribution in [0, 0.1) is 0 Å². The van der Waals surface area contributed by atoms with Crippen molar-refractivity contribution in [2.45, 2.75) is 36.1 Å². The van der Waals surface area contributed by atoms with Crippen molar-refractivity contribution in [1.82, 2.24) is 10.3 Å². The Kier molecular flexibility index (Phi) is 3.26. The van der Waals surface area contributed by atoms with Crippen molar-refractivity contribution in [3.8, 4) is 0 Å². The Morgan fingerprint density at radius 2 is 2.40 bits per heavy atom. The lowest BCUT2D eigenvalue weighted by Gasteiger charge is -2.10. The molecule has 1 aliphatic rings. The van der Waals surface area contributed by atoms with E-state index in [1.165, 1.54) is 11.8 Å². The van der Waals surface area contributed by atoms with Crippen molar-refractivity contribution in [2.24, 2.45) is 0 Å². The summed E-state index contributed by atoms with van der Waals surface area (Å²) in [6, 6.07) is 6.16. The summed E-state index contributed by atoms with van der Waals surface area (Å²) in [5.41, 5.74) is 0. The SMILES string of the molecule is C[C@@H](Sc1ccccn1)C(=O)NC1CC1. The van der Waals surface area contributed by atoms with E-state index in [2.05, 4.69) is 10.3 Å². The number of carbonyl (C=O) groups is 1. The van der Waals surface area contributed by atoms with Crippen molar-refractivity contribution in [1.29, 1.82) is 0 Å². The third-order valence-electron chi connectivity index (χ3n) is 2.23. The molecule has 1 aromatic rings. The van der Waals surface area contributed by atoms with Gasteiger partial charge in [-0.15, -0.1) is 0 Å². The Hall–Kier alpha value is -1.03. The first-order chi connectivity index (χ1) is 7.25. The van der Waals surface area contributed by atoms with E-state index in [1.54, 1.807) is 6.20 Å².